The highest BCUT2D eigenvalue weighted by Gasteiger charge is 2.43. The second-order valence-corrected chi connectivity index (χ2v) is 13.4. The summed E-state index contributed by atoms with van der Waals surface area (Å²) in [6, 6.07) is 0. The summed E-state index contributed by atoms with van der Waals surface area (Å²) in [7, 11) is -1.84. The number of rotatable bonds is 6. The van der Waals surface area contributed by atoms with Crippen molar-refractivity contribution in [3.05, 3.63) is 0 Å². The number of Topliss-reactive ketones (excluding diaryl/α,β-unsaturated/α-hetero) is 1. The summed E-state index contributed by atoms with van der Waals surface area (Å²) in [4.78, 5) is 22.7. The first-order valence-electron chi connectivity index (χ1n) is 7.58. The van der Waals surface area contributed by atoms with E-state index in [-0.39, 0.29) is 29.7 Å². The van der Waals surface area contributed by atoms with Gasteiger partial charge in [0.05, 0.1) is 6.10 Å². The van der Waals surface area contributed by atoms with Crippen molar-refractivity contribution in [1.29, 1.82) is 0 Å². The van der Waals surface area contributed by atoms with Crippen LogP contribution in [0.2, 0.25) is 18.1 Å². The van der Waals surface area contributed by atoms with E-state index >= 15 is 0 Å². The number of hydrogen-bond acceptors (Lipinski definition) is 4. The minimum absolute atomic E-state index is 0. The Hall–Kier alpha value is -0.333. The van der Waals surface area contributed by atoms with Gasteiger partial charge in [-0.25, -0.2) is 0 Å². The van der Waals surface area contributed by atoms with Crippen molar-refractivity contribution < 1.29 is 14.0 Å². The second-order valence-electron chi connectivity index (χ2n) is 7.26. The lowest BCUT2D eigenvalue weighted by Gasteiger charge is -2.39. The first kappa shape index (κ1) is 21.7. The predicted octanol–water partition coefficient (Wildman–Crippen LogP) is 3.61. The maximum atomic E-state index is 11.8. The molecule has 1 amide bonds. The summed E-state index contributed by atoms with van der Waals surface area (Å²) in [6.45, 7) is 13.3. The van der Waals surface area contributed by atoms with Crippen LogP contribution in [-0.4, -0.2) is 43.7 Å². The molecular formula is C16H33NO3SSi. The van der Waals surface area contributed by atoms with Crippen molar-refractivity contribution in [2.24, 2.45) is 0 Å². The Bertz CT molecular complexity index is 393. The van der Waals surface area contributed by atoms with Gasteiger partial charge in [-0.2, -0.15) is 11.8 Å². The molecule has 0 aliphatic heterocycles. The van der Waals surface area contributed by atoms with E-state index in [1.54, 1.807) is 11.8 Å². The minimum atomic E-state index is -1.84. The van der Waals surface area contributed by atoms with Crippen LogP contribution in [0.5, 0.6) is 0 Å². The van der Waals surface area contributed by atoms with Crippen molar-refractivity contribution >= 4 is 31.8 Å². The van der Waals surface area contributed by atoms with Crippen LogP contribution in [0, 0.1) is 0 Å². The molecule has 22 heavy (non-hydrogen) atoms. The van der Waals surface area contributed by atoms with Crippen molar-refractivity contribution in [1.82, 2.24) is 5.32 Å². The number of amides is 1. The summed E-state index contributed by atoms with van der Waals surface area (Å²) >= 11 is 1.75. The molecule has 6 heteroatoms. The monoisotopic (exact) mass is 347 g/mol. The van der Waals surface area contributed by atoms with Crippen LogP contribution >= 0.6 is 11.8 Å². The number of ketones is 1. The fourth-order valence-electron chi connectivity index (χ4n) is 2.07. The Morgan fingerprint density at radius 1 is 1.36 bits per heavy atom. The number of carbonyl (C=O) groups excluding carboxylic acids is 2. The molecule has 0 aromatic rings. The molecule has 0 bridgehead atoms. The van der Waals surface area contributed by atoms with Gasteiger partial charge in [-0.3, -0.25) is 9.59 Å². The fraction of sp³-hybridized carbons (Fsp3) is 0.875. The molecule has 1 aliphatic carbocycles. The number of thioether (sulfide) groups is 1. The van der Waals surface area contributed by atoms with E-state index in [1.165, 1.54) is 6.92 Å². The van der Waals surface area contributed by atoms with Gasteiger partial charge in [0, 0.05) is 37.3 Å². The van der Waals surface area contributed by atoms with E-state index in [2.05, 4.69) is 39.2 Å². The van der Waals surface area contributed by atoms with Crippen molar-refractivity contribution in [2.75, 3.05) is 12.3 Å². The third-order valence-corrected chi connectivity index (χ3v) is 10.2. The number of carbonyl (C=O) groups is 2. The lowest BCUT2D eigenvalue weighted by molar-refractivity contribution is -0.119. The van der Waals surface area contributed by atoms with Gasteiger partial charge in [0.2, 0.25) is 5.91 Å². The maximum absolute atomic E-state index is 11.8. The normalized spacial score (nSPS) is 22.4. The van der Waals surface area contributed by atoms with Crippen molar-refractivity contribution in [3.8, 4) is 0 Å². The van der Waals surface area contributed by atoms with E-state index in [0.717, 1.165) is 5.75 Å². The highest BCUT2D eigenvalue weighted by Crippen LogP contribution is 2.40. The summed E-state index contributed by atoms with van der Waals surface area (Å²) in [6.07, 6.45) is 1.19. The molecule has 0 radical (unpaired) electrons. The van der Waals surface area contributed by atoms with Crippen LogP contribution in [-0.2, 0) is 14.0 Å². The van der Waals surface area contributed by atoms with Gasteiger partial charge >= 0.3 is 0 Å². The SMILES string of the molecule is C.CC(=O)NCCS[C@H]1CC(=O)C[C@@H]1O[Si](C)(C)C(C)(C)C. The zero-order valence-electron chi connectivity index (χ0n) is 14.1. The molecule has 1 saturated carbocycles. The largest absolute Gasteiger partial charge is 0.412 e. The molecule has 4 nitrogen and oxygen atoms in total. The van der Waals surface area contributed by atoms with Crippen LogP contribution in [0.4, 0.5) is 0 Å². The molecule has 0 unspecified atom stereocenters. The van der Waals surface area contributed by atoms with Gasteiger partial charge in [-0.1, -0.05) is 28.2 Å². The lowest BCUT2D eigenvalue weighted by atomic mass is 10.2. The zero-order chi connectivity index (χ0) is 16.3. The van der Waals surface area contributed by atoms with Crippen molar-refractivity contribution in [3.63, 3.8) is 0 Å². The average Bonchev–Trinajstić information content (AvgIpc) is 2.62. The van der Waals surface area contributed by atoms with Gasteiger partial charge in [-0.15, -0.1) is 0 Å². The van der Waals surface area contributed by atoms with E-state index in [4.69, 9.17) is 4.43 Å². The summed E-state index contributed by atoms with van der Waals surface area (Å²) < 4.78 is 6.43. The Morgan fingerprint density at radius 3 is 2.45 bits per heavy atom. The van der Waals surface area contributed by atoms with E-state index in [0.29, 0.717) is 25.2 Å². The molecule has 0 aromatic carbocycles. The topological polar surface area (TPSA) is 55.4 Å². The fourth-order valence-corrected chi connectivity index (χ4v) is 4.72. The standard InChI is InChI=1S/C15H29NO3SSi.CH4/c1-11(17)16-7-8-20-14-10-12(18)9-13(14)19-21(5,6)15(2,3)4;/h13-14H,7-10H2,1-6H3,(H,16,17);1H4/t13-,14-;/m0./s1. The van der Waals surface area contributed by atoms with Gasteiger partial charge in [-0.05, 0) is 18.1 Å². The summed E-state index contributed by atoms with van der Waals surface area (Å²) in [5, 5.41) is 3.18. The van der Waals surface area contributed by atoms with Crippen LogP contribution in [0.15, 0.2) is 0 Å². The highest BCUT2D eigenvalue weighted by atomic mass is 32.2. The molecule has 0 heterocycles. The molecular weight excluding hydrogens is 314 g/mol. The van der Waals surface area contributed by atoms with Crippen LogP contribution < -0.4 is 5.32 Å². The first-order valence-corrected chi connectivity index (χ1v) is 11.5. The van der Waals surface area contributed by atoms with Crippen LogP contribution in [0.1, 0.15) is 48.0 Å². The molecule has 1 rings (SSSR count). The van der Waals surface area contributed by atoms with Gasteiger partial charge in [0.25, 0.3) is 0 Å². The van der Waals surface area contributed by atoms with Crippen LogP contribution in [0.25, 0.3) is 0 Å². The van der Waals surface area contributed by atoms with Crippen molar-refractivity contribution in [2.45, 2.75) is 77.4 Å². The third-order valence-electron chi connectivity index (χ3n) is 4.33. The molecule has 2 atom stereocenters. The first-order chi connectivity index (χ1) is 9.53. The maximum Gasteiger partial charge on any atom is 0.216 e. The Labute approximate surface area is 141 Å². The minimum Gasteiger partial charge on any atom is -0.412 e. The molecule has 1 fully saturated rings. The molecule has 0 spiro atoms. The zero-order valence-corrected chi connectivity index (χ0v) is 15.9. The molecule has 0 saturated heterocycles. The van der Waals surface area contributed by atoms with E-state index in [1.807, 2.05) is 0 Å². The quantitative estimate of drug-likeness (QED) is 0.589. The Balaban J connectivity index is 0.00000441. The molecule has 1 aliphatic rings. The van der Waals surface area contributed by atoms with E-state index in [9.17, 15) is 9.59 Å². The average molecular weight is 348 g/mol. The summed E-state index contributed by atoms with van der Waals surface area (Å²) in [5.74, 6) is 1.12. The number of hydrogen-bond donors (Lipinski definition) is 1. The van der Waals surface area contributed by atoms with Crippen LogP contribution in [0.3, 0.4) is 0 Å². The predicted molar refractivity (Wildman–Crippen MR) is 98.0 cm³/mol. The Kier molecular flexibility index (Phi) is 8.37. The lowest BCUT2D eigenvalue weighted by Crippen LogP contribution is -2.45. The molecule has 130 valence electrons. The Morgan fingerprint density at radius 2 is 1.95 bits per heavy atom. The van der Waals surface area contributed by atoms with Gasteiger partial charge in [0.1, 0.15) is 5.78 Å². The summed E-state index contributed by atoms with van der Waals surface area (Å²) in [5.41, 5.74) is 0. The number of nitrogens with one attached hydrogen (secondary N) is 1. The van der Waals surface area contributed by atoms with Gasteiger partial charge in [0.15, 0.2) is 8.32 Å². The second kappa shape index (κ2) is 8.50. The third kappa shape index (κ3) is 6.42. The molecule has 1 N–H and O–H groups in total. The van der Waals surface area contributed by atoms with Gasteiger partial charge < -0.3 is 9.74 Å². The smallest absolute Gasteiger partial charge is 0.216 e. The highest BCUT2D eigenvalue weighted by molar-refractivity contribution is 8.00. The van der Waals surface area contributed by atoms with E-state index < -0.39 is 8.32 Å². The molecule has 0 aromatic heterocycles.